The number of hydrogen-bond donors (Lipinski definition) is 1. The zero-order valence-corrected chi connectivity index (χ0v) is 22.3. The van der Waals surface area contributed by atoms with E-state index >= 15 is 0 Å². The maximum atomic E-state index is 13.8. The molecular formula is C27H29FN6O4S. The molecule has 2 fully saturated rings. The molecule has 2 aromatic heterocycles. The van der Waals surface area contributed by atoms with Crippen LogP contribution in [0.5, 0.6) is 0 Å². The standard InChI is InChI=1S/C27H29FN6O4S/c1-18(35)34-7-3-4-19(17-34)26-31-24(14-25(32-26)30-23-6-2-5-22(28)13-23)20-12-21(16-29-15-20)27(36)33-8-10-39(37,38)11-9-33/h2,5-6,12-16,19H,3-4,7-11,17H2,1H3,(H,30,31,32). The number of hydrogen-bond acceptors (Lipinski definition) is 8. The zero-order chi connectivity index (χ0) is 27.6. The maximum Gasteiger partial charge on any atom is 0.255 e. The largest absolute Gasteiger partial charge is 0.342 e. The number of nitrogens with one attached hydrogen (secondary N) is 1. The highest BCUT2D eigenvalue weighted by molar-refractivity contribution is 7.91. The van der Waals surface area contributed by atoms with E-state index in [4.69, 9.17) is 9.97 Å². The molecule has 0 saturated carbocycles. The number of carbonyl (C=O) groups is 2. The van der Waals surface area contributed by atoms with Crippen molar-refractivity contribution in [2.75, 3.05) is 43.0 Å². The molecule has 2 aliphatic rings. The molecule has 1 aromatic carbocycles. The van der Waals surface area contributed by atoms with Gasteiger partial charge in [-0.05, 0) is 37.1 Å². The van der Waals surface area contributed by atoms with Crippen LogP contribution in [-0.4, -0.2) is 82.7 Å². The average molecular weight is 553 g/mol. The lowest BCUT2D eigenvalue weighted by molar-refractivity contribution is -0.130. The zero-order valence-electron chi connectivity index (χ0n) is 21.5. The predicted molar refractivity (Wildman–Crippen MR) is 144 cm³/mol. The quantitative estimate of drug-likeness (QED) is 0.512. The maximum absolute atomic E-state index is 13.8. The molecule has 1 atom stereocenters. The molecule has 0 aliphatic carbocycles. The molecule has 2 saturated heterocycles. The molecule has 5 rings (SSSR count). The van der Waals surface area contributed by atoms with Gasteiger partial charge in [-0.2, -0.15) is 0 Å². The Hall–Kier alpha value is -3.93. The molecule has 4 heterocycles. The van der Waals surface area contributed by atoms with Crippen LogP contribution in [0.2, 0.25) is 0 Å². The Morgan fingerprint density at radius 3 is 2.56 bits per heavy atom. The minimum atomic E-state index is -3.12. The van der Waals surface area contributed by atoms with E-state index in [0.29, 0.717) is 47.2 Å². The fourth-order valence-electron chi connectivity index (χ4n) is 4.84. The van der Waals surface area contributed by atoms with E-state index in [0.717, 1.165) is 12.8 Å². The molecule has 1 N–H and O–H groups in total. The number of anilines is 2. The van der Waals surface area contributed by atoms with Gasteiger partial charge in [-0.1, -0.05) is 6.07 Å². The van der Waals surface area contributed by atoms with Gasteiger partial charge in [0, 0.05) is 68.7 Å². The normalized spacial score (nSPS) is 19.0. The summed E-state index contributed by atoms with van der Waals surface area (Å²) in [6.45, 7) is 3.00. The summed E-state index contributed by atoms with van der Waals surface area (Å²) in [5, 5.41) is 3.14. The minimum Gasteiger partial charge on any atom is -0.342 e. The SMILES string of the molecule is CC(=O)N1CCCC(c2nc(Nc3cccc(F)c3)cc(-c3cncc(C(=O)N4CCS(=O)(=O)CC4)c3)n2)C1. The fraction of sp³-hybridized carbons (Fsp3) is 0.370. The Balaban J connectivity index is 1.48. The molecule has 204 valence electrons. The lowest BCUT2D eigenvalue weighted by atomic mass is 9.96. The van der Waals surface area contributed by atoms with Gasteiger partial charge in [0.05, 0.1) is 22.8 Å². The van der Waals surface area contributed by atoms with E-state index in [1.165, 1.54) is 23.2 Å². The van der Waals surface area contributed by atoms with Crippen LogP contribution in [0.1, 0.15) is 41.9 Å². The molecule has 1 unspecified atom stereocenters. The van der Waals surface area contributed by atoms with Gasteiger partial charge in [0.15, 0.2) is 9.84 Å². The monoisotopic (exact) mass is 552 g/mol. The second kappa shape index (κ2) is 11.0. The van der Waals surface area contributed by atoms with Crippen LogP contribution < -0.4 is 5.32 Å². The number of rotatable bonds is 5. The molecular weight excluding hydrogens is 523 g/mol. The summed E-state index contributed by atoms with van der Waals surface area (Å²) in [6.07, 6.45) is 4.68. The summed E-state index contributed by atoms with van der Waals surface area (Å²) in [5.41, 5.74) is 1.94. The van der Waals surface area contributed by atoms with Gasteiger partial charge >= 0.3 is 0 Å². The number of pyridine rings is 1. The van der Waals surface area contributed by atoms with Crippen LogP contribution in [-0.2, 0) is 14.6 Å². The molecule has 0 radical (unpaired) electrons. The Kier molecular flexibility index (Phi) is 7.56. The van der Waals surface area contributed by atoms with Crippen molar-refractivity contribution < 1.29 is 22.4 Å². The minimum absolute atomic E-state index is 0.00473. The molecule has 0 bridgehead atoms. The molecule has 39 heavy (non-hydrogen) atoms. The lowest BCUT2D eigenvalue weighted by Gasteiger charge is -2.31. The highest BCUT2D eigenvalue weighted by Crippen LogP contribution is 2.30. The van der Waals surface area contributed by atoms with Gasteiger partial charge in [0.2, 0.25) is 5.91 Å². The summed E-state index contributed by atoms with van der Waals surface area (Å²) < 4.78 is 37.4. The Labute approximate surface area is 226 Å². The molecule has 12 heteroatoms. The van der Waals surface area contributed by atoms with Gasteiger partial charge < -0.3 is 15.1 Å². The van der Waals surface area contributed by atoms with Crippen molar-refractivity contribution in [3.63, 3.8) is 0 Å². The number of benzene rings is 1. The van der Waals surface area contributed by atoms with E-state index in [-0.39, 0.29) is 48.1 Å². The number of nitrogens with zero attached hydrogens (tertiary/aromatic N) is 5. The van der Waals surface area contributed by atoms with Crippen molar-refractivity contribution in [1.29, 1.82) is 0 Å². The summed E-state index contributed by atoms with van der Waals surface area (Å²) in [5.74, 6) is 0.0763. The highest BCUT2D eigenvalue weighted by atomic mass is 32.2. The van der Waals surface area contributed by atoms with Crippen LogP contribution >= 0.6 is 0 Å². The first-order valence-electron chi connectivity index (χ1n) is 12.8. The number of sulfone groups is 1. The Bertz CT molecular complexity index is 1500. The van der Waals surface area contributed by atoms with Gasteiger partial charge in [-0.25, -0.2) is 22.8 Å². The summed E-state index contributed by atoms with van der Waals surface area (Å²) in [4.78, 5) is 42.2. The third kappa shape index (κ3) is 6.39. The van der Waals surface area contributed by atoms with Crippen molar-refractivity contribution >= 4 is 33.2 Å². The molecule has 3 aromatic rings. The van der Waals surface area contributed by atoms with Crippen molar-refractivity contribution in [3.8, 4) is 11.3 Å². The summed E-state index contributed by atoms with van der Waals surface area (Å²) in [6, 6.07) is 9.42. The number of halogens is 1. The van der Waals surface area contributed by atoms with Gasteiger partial charge in [0.25, 0.3) is 5.91 Å². The molecule has 2 amide bonds. The van der Waals surface area contributed by atoms with Crippen molar-refractivity contribution in [2.24, 2.45) is 0 Å². The van der Waals surface area contributed by atoms with E-state index in [9.17, 15) is 22.4 Å². The Morgan fingerprint density at radius 1 is 1.03 bits per heavy atom. The molecule has 2 aliphatic heterocycles. The number of likely N-dealkylation sites (tertiary alicyclic amines) is 1. The van der Waals surface area contributed by atoms with E-state index in [1.54, 1.807) is 42.3 Å². The smallest absolute Gasteiger partial charge is 0.255 e. The van der Waals surface area contributed by atoms with Gasteiger partial charge in [-0.15, -0.1) is 0 Å². The predicted octanol–water partition coefficient (Wildman–Crippen LogP) is 3.02. The van der Waals surface area contributed by atoms with E-state index in [2.05, 4.69) is 10.3 Å². The number of piperidine rings is 1. The van der Waals surface area contributed by atoms with Crippen LogP contribution in [0.4, 0.5) is 15.9 Å². The van der Waals surface area contributed by atoms with Crippen LogP contribution in [0.25, 0.3) is 11.3 Å². The van der Waals surface area contributed by atoms with Gasteiger partial charge in [0.1, 0.15) is 17.5 Å². The molecule has 0 spiro atoms. The third-order valence-corrected chi connectivity index (χ3v) is 8.59. The molecule has 10 nitrogen and oxygen atoms in total. The number of aromatic nitrogens is 3. The fourth-order valence-corrected chi connectivity index (χ4v) is 6.04. The van der Waals surface area contributed by atoms with Crippen LogP contribution in [0.3, 0.4) is 0 Å². The first-order valence-corrected chi connectivity index (χ1v) is 14.6. The first kappa shape index (κ1) is 26.7. The summed E-state index contributed by atoms with van der Waals surface area (Å²) >= 11 is 0. The highest BCUT2D eigenvalue weighted by Gasteiger charge is 2.28. The third-order valence-electron chi connectivity index (χ3n) is 6.98. The second-order valence-electron chi connectivity index (χ2n) is 9.84. The van der Waals surface area contributed by atoms with Gasteiger partial charge in [-0.3, -0.25) is 14.6 Å². The second-order valence-corrected chi connectivity index (χ2v) is 12.1. The van der Waals surface area contributed by atoms with E-state index in [1.807, 2.05) is 0 Å². The van der Waals surface area contributed by atoms with Crippen molar-refractivity contribution in [3.05, 3.63) is 66.0 Å². The summed E-state index contributed by atoms with van der Waals surface area (Å²) in [7, 11) is -3.12. The van der Waals surface area contributed by atoms with Crippen LogP contribution in [0, 0.1) is 5.82 Å². The number of carbonyl (C=O) groups excluding carboxylic acids is 2. The average Bonchev–Trinajstić information content (AvgIpc) is 2.93. The number of amides is 2. The van der Waals surface area contributed by atoms with E-state index < -0.39 is 9.84 Å². The first-order chi connectivity index (χ1) is 18.7. The van der Waals surface area contributed by atoms with Crippen molar-refractivity contribution in [1.82, 2.24) is 24.8 Å². The topological polar surface area (TPSA) is 125 Å². The van der Waals surface area contributed by atoms with Crippen LogP contribution in [0.15, 0.2) is 48.8 Å². The van der Waals surface area contributed by atoms with Crippen molar-refractivity contribution in [2.45, 2.75) is 25.7 Å². The lowest BCUT2D eigenvalue weighted by Crippen LogP contribution is -2.43. The Morgan fingerprint density at radius 2 is 1.82 bits per heavy atom.